The number of aliphatic hydroxyl groups excluding tert-OH is 1. The predicted molar refractivity (Wildman–Crippen MR) is 117 cm³/mol. The fourth-order valence-corrected chi connectivity index (χ4v) is 4.07. The van der Waals surface area contributed by atoms with Crippen molar-refractivity contribution in [3.8, 4) is 21.9 Å². The first-order valence-electron chi connectivity index (χ1n) is 9.42. The third-order valence-corrected chi connectivity index (χ3v) is 5.75. The molecule has 31 heavy (non-hydrogen) atoms. The molecular weight excluding hydrogens is 421 g/mol. The summed E-state index contributed by atoms with van der Waals surface area (Å²) in [7, 11) is 0. The number of benzene rings is 2. The molecule has 4 aromatic rings. The lowest BCUT2D eigenvalue weighted by atomic mass is 10.1. The number of fused-ring (bicyclic) bond motifs is 1. The molecule has 2 heterocycles. The van der Waals surface area contributed by atoms with E-state index < -0.39 is 17.0 Å². The summed E-state index contributed by atoms with van der Waals surface area (Å²) in [6.45, 7) is 2.23. The Bertz CT molecular complexity index is 1240. The van der Waals surface area contributed by atoms with E-state index in [1.165, 1.54) is 23.5 Å². The minimum absolute atomic E-state index is 0.0944. The Labute approximate surface area is 180 Å². The van der Waals surface area contributed by atoms with Crippen LogP contribution in [0.2, 0.25) is 0 Å². The average molecular weight is 439 g/mol. The monoisotopic (exact) mass is 439 g/mol. The minimum atomic E-state index is -0.808. The van der Waals surface area contributed by atoms with Gasteiger partial charge in [-0.15, -0.1) is 11.3 Å². The maximum Gasteiger partial charge on any atom is 0.272 e. The number of hydrogen-bond acceptors (Lipinski definition) is 7. The minimum Gasteiger partial charge on any atom is -0.453 e. The van der Waals surface area contributed by atoms with Crippen LogP contribution < -0.4 is 10.1 Å². The first-order valence-corrected chi connectivity index (χ1v) is 10.2. The van der Waals surface area contributed by atoms with Crippen LogP contribution in [-0.2, 0) is 6.54 Å². The number of ether oxygens (including phenoxy) is 1. The molecule has 0 bridgehead atoms. The molecule has 0 aliphatic heterocycles. The highest BCUT2D eigenvalue weighted by Crippen LogP contribution is 2.39. The number of halogens is 1. The number of thiophene rings is 1. The summed E-state index contributed by atoms with van der Waals surface area (Å²) in [6.07, 6.45) is 0.995. The molecule has 1 atom stereocenters. The second kappa shape index (κ2) is 8.76. The van der Waals surface area contributed by atoms with Crippen molar-refractivity contribution in [1.82, 2.24) is 10.3 Å². The van der Waals surface area contributed by atoms with E-state index in [-0.39, 0.29) is 11.4 Å². The van der Waals surface area contributed by atoms with E-state index in [4.69, 9.17) is 4.74 Å². The zero-order chi connectivity index (χ0) is 22.0. The summed E-state index contributed by atoms with van der Waals surface area (Å²) in [5.74, 6) is -0.480. The third-order valence-electron chi connectivity index (χ3n) is 4.56. The lowest BCUT2D eigenvalue weighted by Gasteiger charge is -2.07. The second-order valence-electron chi connectivity index (χ2n) is 6.86. The Morgan fingerprint density at radius 2 is 1.97 bits per heavy atom. The van der Waals surface area contributed by atoms with E-state index in [1.807, 2.05) is 30.3 Å². The standard InChI is InChI=1S/C22H18FN3O4S/c1-13(27)25-12-14-2-4-15(5-3-14)21-11-18-22(31-21)20(8-9-24-18)30-19-7-6-16(26(28)29)10-17(19)23/h2-11,13,25,27H,12H2,1H3. The van der Waals surface area contributed by atoms with Gasteiger partial charge in [-0.2, -0.15) is 0 Å². The van der Waals surface area contributed by atoms with Crippen molar-refractivity contribution in [3.63, 3.8) is 0 Å². The van der Waals surface area contributed by atoms with Crippen molar-refractivity contribution in [1.29, 1.82) is 0 Å². The van der Waals surface area contributed by atoms with Crippen LogP contribution in [0.5, 0.6) is 11.5 Å². The highest BCUT2D eigenvalue weighted by Gasteiger charge is 2.15. The molecule has 0 saturated carbocycles. The average Bonchev–Trinajstić information content (AvgIpc) is 3.19. The van der Waals surface area contributed by atoms with Crippen molar-refractivity contribution < 1.29 is 19.2 Å². The number of non-ortho nitro benzene ring substituents is 1. The van der Waals surface area contributed by atoms with Gasteiger partial charge in [0.2, 0.25) is 0 Å². The topological polar surface area (TPSA) is 97.5 Å². The molecular formula is C22H18FN3O4S. The van der Waals surface area contributed by atoms with Gasteiger partial charge in [0.05, 0.1) is 21.2 Å². The summed E-state index contributed by atoms with van der Waals surface area (Å²) in [4.78, 5) is 15.5. The van der Waals surface area contributed by atoms with Crippen molar-refractivity contribution in [2.45, 2.75) is 19.7 Å². The molecule has 0 aliphatic carbocycles. The Hall–Kier alpha value is -3.40. The van der Waals surface area contributed by atoms with Gasteiger partial charge in [0, 0.05) is 29.8 Å². The molecule has 0 spiro atoms. The van der Waals surface area contributed by atoms with Crippen LogP contribution in [-0.4, -0.2) is 21.2 Å². The van der Waals surface area contributed by atoms with Crippen LogP contribution in [0, 0.1) is 15.9 Å². The summed E-state index contributed by atoms with van der Waals surface area (Å²) in [6, 6.07) is 14.8. The maximum atomic E-state index is 14.3. The quantitative estimate of drug-likeness (QED) is 0.232. The van der Waals surface area contributed by atoms with Crippen LogP contribution in [0.3, 0.4) is 0 Å². The second-order valence-corrected chi connectivity index (χ2v) is 7.91. The molecule has 4 rings (SSSR count). The van der Waals surface area contributed by atoms with Gasteiger partial charge < -0.3 is 9.84 Å². The van der Waals surface area contributed by atoms with E-state index in [0.29, 0.717) is 17.8 Å². The number of hydrogen-bond donors (Lipinski definition) is 2. The smallest absolute Gasteiger partial charge is 0.272 e. The Balaban J connectivity index is 1.61. The first-order chi connectivity index (χ1) is 14.9. The molecule has 0 amide bonds. The van der Waals surface area contributed by atoms with Crippen LogP contribution in [0.4, 0.5) is 10.1 Å². The molecule has 7 nitrogen and oxygen atoms in total. The number of aliphatic hydroxyl groups is 1. The van der Waals surface area contributed by atoms with Gasteiger partial charge in [-0.3, -0.25) is 20.4 Å². The molecule has 2 aromatic heterocycles. The van der Waals surface area contributed by atoms with Crippen LogP contribution in [0.1, 0.15) is 12.5 Å². The van der Waals surface area contributed by atoms with E-state index in [0.717, 1.165) is 26.8 Å². The molecule has 2 aromatic carbocycles. The molecule has 0 saturated heterocycles. The highest BCUT2D eigenvalue weighted by molar-refractivity contribution is 7.22. The van der Waals surface area contributed by atoms with E-state index in [2.05, 4.69) is 10.3 Å². The summed E-state index contributed by atoms with van der Waals surface area (Å²) >= 11 is 1.46. The van der Waals surface area contributed by atoms with Gasteiger partial charge in [-0.05, 0) is 30.2 Å². The molecule has 0 aliphatic rings. The van der Waals surface area contributed by atoms with Crippen LogP contribution >= 0.6 is 11.3 Å². The Morgan fingerprint density at radius 3 is 2.65 bits per heavy atom. The maximum absolute atomic E-state index is 14.3. The zero-order valence-electron chi connectivity index (χ0n) is 16.4. The number of pyridine rings is 1. The number of rotatable bonds is 7. The molecule has 2 N–H and O–H groups in total. The molecule has 1 unspecified atom stereocenters. The lowest BCUT2D eigenvalue weighted by molar-refractivity contribution is -0.385. The highest BCUT2D eigenvalue weighted by atomic mass is 32.1. The summed E-state index contributed by atoms with van der Waals surface area (Å²) in [5, 5.41) is 23.1. The Kier molecular flexibility index (Phi) is 5.90. The van der Waals surface area contributed by atoms with Crippen molar-refractivity contribution >= 4 is 27.2 Å². The van der Waals surface area contributed by atoms with Gasteiger partial charge in [0.1, 0.15) is 12.0 Å². The fourth-order valence-electron chi connectivity index (χ4n) is 2.99. The van der Waals surface area contributed by atoms with Crippen molar-refractivity contribution in [3.05, 3.63) is 82.3 Å². The van der Waals surface area contributed by atoms with Gasteiger partial charge >= 0.3 is 0 Å². The number of nitrogens with zero attached hydrogens (tertiary/aromatic N) is 2. The lowest BCUT2D eigenvalue weighted by Crippen LogP contribution is -2.24. The number of nitrogens with one attached hydrogen (secondary N) is 1. The van der Waals surface area contributed by atoms with Crippen molar-refractivity contribution in [2.75, 3.05) is 0 Å². The summed E-state index contributed by atoms with van der Waals surface area (Å²) < 4.78 is 20.7. The first kappa shape index (κ1) is 20.9. The number of nitro groups is 1. The largest absolute Gasteiger partial charge is 0.453 e. The molecule has 0 fully saturated rings. The van der Waals surface area contributed by atoms with Crippen molar-refractivity contribution in [2.24, 2.45) is 0 Å². The van der Waals surface area contributed by atoms with E-state index >= 15 is 0 Å². The van der Waals surface area contributed by atoms with Gasteiger partial charge in [-0.1, -0.05) is 24.3 Å². The van der Waals surface area contributed by atoms with Gasteiger partial charge in [0.15, 0.2) is 11.6 Å². The predicted octanol–water partition coefficient (Wildman–Crippen LogP) is 5.23. The SMILES string of the molecule is CC(O)NCc1ccc(-c2cc3nccc(Oc4ccc([N+](=O)[O-])cc4F)c3s2)cc1. The van der Waals surface area contributed by atoms with Crippen LogP contribution in [0.15, 0.2) is 60.8 Å². The molecule has 158 valence electrons. The normalized spacial score (nSPS) is 12.1. The number of nitro benzene ring substituents is 1. The van der Waals surface area contributed by atoms with Crippen LogP contribution in [0.25, 0.3) is 20.7 Å². The zero-order valence-corrected chi connectivity index (χ0v) is 17.2. The molecule has 9 heteroatoms. The van der Waals surface area contributed by atoms with Gasteiger partial charge in [-0.25, -0.2) is 4.39 Å². The summed E-state index contributed by atoms with van der Waals surface area (Å²) in [5.41, 5.74) is 2.41. The number of aromatic nitrogens is 1. The third kappa shape index (κ3) is 4.69. The Morgan fingerprint density at radius 1 is 1.19 bits per heavy atom. The molecule has 0 radical (unpaired) electrons. The van der Waals surface area contributed by atoms with Gasteiger partial charge in [0.25, 0.3) is 5.69 Å². The fraction of sp³-hybridized carbons (Fsp3) is 0.136. The van der Waals surface area contributed by atoms with E-state index in [1.54, 1.807) is 19.2 Å². The van der Waals surface area contributed by atoms with E-state index in [9.17, 15) is 19.6 Å².